The molecule has 8 nitrogen and oxygen atoms in total. The number of aliphatic hydroxyl groups is 4. The molecule has 0 bridgehead atoms. The van der Waals surface area contributed by atoms with Gasteiger partial charge < -0.3 is 30.3 Å². The Morgan fingerprint density at radius 1 is 1.14 bits per heavy atom. The van der Waals surface area contributed by atoms with Crippen molar-refractivity contribution in [3.63, 3.8) is 0 Å². The van der Waals surface area contributed by atoms with Gasteiger partial charge in [0.1, 0.15) is 24.1 Å². The average molecular weight is 300 g/mol. The molecule has 0 radical (unpaired) electrons. The third kappa shape index (κ3) is 4.50. The highest BCUT2D eigenvalue weighted by atomic mass is 16.6. The third-order valence-corrected chi connectivity index (χ3v) is 2.75. The zero-order chi connectivity index (χ0) is 16.0. The number of esters is 1. The van der Waals surface area contributed by atoms with Crippen LogP contribution in [0.15, 0.2) is 24.3 Å². The van der Waals surface area contributed by atoms with Gasteiger partial charge in [0.2, 0.25) is 0 Å². The monoisotopic (exact) mass is 300 g/mol. The van der Waals surface area contributed by atoms with E-state index in [1.165, 1.54) is 24.3 Å². The second-order valence-electron chi connectivity index (χ2n) is 4.28. The van der Waals surface area contributed by atoms with Crippen LogP contribution in [0.25, 0.3) is 0 Å². The van der Waals surface area contributed by atoms with Gasteiger partial charge >= 0.3 is 5.97 Å². The van der Waals surface area contributed by atoms with Gasteiger partial charge in [-0.3, -0.25) is 4.79 Å². The summed E-state index contributed by atoms with van der Waals surface area (Å²) in [6, 6.07) is 4.94. The first-order valence-corrected chi connectivity index (χ1v) is 6.01. The molecule has 1 aromatic rings. The highest BCUT2D eigenvalue weighted by molar-refractivity contribution is 5.90. The maximum atomic E-state index is 11.7. The summed E-state index contributed by atoms with van der Waals surface area (Å²) >= 11 is 0. The average Bonchev–Trinajstić information content (AvgIpc) is 2.50. The number of rotatable bonds is 7. The van der Waals surface area contributed by atoms with Crippen LogP contribution in [-0.4, -0.2) is 68.8 Å². The van der Waals surface area contributed by atoms with Crippen molar-refractivity contribution in [2.24, 2.45) is 0 Å². The van der Waals surface area contributed by atoms with Crippen molar-refractivity contribution in [2.45, 2.75) is 24.4 Å². The van der Waals surface area contributed by atoms with Gasteiger partial charge in [-0.05, 0) is 24.3 Å². The maximum Gasteiger partial charge on any atom is 0.338 e. The van der Waals surface area contributed by atoms with Gasteiger partial charge in [0.25, 0.3) is 0 Å². The molecule has 0 aliphatic rings. The standard InChI is InChI=1S/C13H16O8/c14-5-9(17)11(18)12(19)10(6-15)21-13(20)7-1-3-8(16)4-2-7/h1-4,6,9-12,14,16-19H,5H2/t9-,10+,11-,12-/m1/s1. The van der Waals surface area contributed by atoms with Gasteiger partial charge in [-0.1, -0.05) is 0 Å². The minimum atomic E-state index is -1.90. The minimum absolute atomic E-state index is 0.0176. The number of carbonyl (C=O) groups excluding carboxylic acids is 2. The number of phenols is 1. The van der Waals surface area contributed by atoms with Crippen LogP contribution in [0.1, 0.15) is 10.4 Å². The second-order valence-corrected chi connectivity index (χ2v) is 4.28. The molecular formula is C13H16O8. The van der Waals surface area contributed by atoms with Crippen LogP contribution in [-0.2, 0) is 9.53 Å². The molecule has 0 amide bonds. The Morgan fingerprint density at radius 2 is 1.71 bits per heavy atom. The van der Waals surface area contributed by atoms with Crippen molar-refractivity contribution < 1.29 is 39.9 Å². The van der Waals surface area contributed by atoms with E-state index in [2.05, 4.69) is 0 Å². The van der Waals surface area contributed by atoms with Crippen molar-refractivity contribution >= 4 is 12.3 Å². The Labute approximate surface area is 119 Å². The highest BCUT2D eigenvalue weighted by Crippen LogP contribution is 2.13. The Bertz CT molecular complexity index is 472. The van der Waals surface area contributed by atoms with Crippen molar-refractivity contribution in [1.29, 1.82) is 0 Å². The molecule has 0 saturated carbocycles. The molecule has 0 fully saturated rings. The summed E-state index contributed by atoms with van der Waals surface area (Å²) in [5, 5.41) is 46.0. The van der Waals surface area contributed by atoms with Crippen molar-refractivity contribution in [3.05, 3.63) is 29.8 Å². The zero-order valence-electron chi connectivity index (χ0n) is 10.9. The smallest absolute Gasteiger partial charge is 0.338 e. The van der Waals surface area contributed by atoms with Gasteiger partial charge in [0.15, 0.2) is 12.4 Å². The number of phenolic OH excluding ortho intramolecular Hbond substituents is 1. The van der Waals surface area contributed by atoms with Gasteiger partial charge in [-0.2, -0.15) is 0 Å². The number of ether oxygens (including phenoxy) is 1. The van der Waals surface area contributed by atoms with Gasteiger partial charge in [-0.25, -0.2) is 4.79 Å². The number of hydrogen-bond acceptors (Lipinski definition) is 8. The summed E-state index contributed by atoms with van der Waals surface area (Å²) in [6.07, 6.45) is -7.07. The lowest BCUT2D eigenvalue weighted by molar-refractivity contribution is -0.138. The SMILES string of the molecule is O=C[C@H](OC(=O)c1ccc(O)cc1)[C@@H](O)[C@H](O)[C@H](O)CO. The van der Waals surface area contributed by atoms with Crippen LogP contribution in [0.5, 0.6) is 5.75 Å². The summed E-state index contributed by atoms with van der Waals surface area (Å²) in [7, 11) is 0. The van der Waals surface area contributed by atoms with E-state index in [4.69, 9.17) is 14.9 Å². The molecule has 116 valence electrons. The van der Waals surface area contributed by atoms with Crippen LogP contribution in [0, 0.1) is 0 Å². The largest absolute Gasteiger partial charge is 0.508 e. The molecule has 0 unspecified atom stereocenters. The minimum Gasteiger partial charge on any atom is -0.508 e. The van der Waals surface area contributed by atoms with Crippen LogP contribution < -0.4 is 0 Å². The topological polar surface area (TPSA) is 145 Å². The Kier molecular flexibility index (Phi) is 6.25. The van der Waals surface area contributed by atoms with Crippen molar-refractivity contribution in [2.75, 3.05) is 6.61 Å². The first-order chi connectivity index (χ1) is 9.90. The Balaban J connectivity index is 2.75. The zero-order valence-corrected chi connectivity index (χ0v) is 10.9. The number of aldehydes is 1. The predicted octanol–water partition coefficient (Wildman–Crippen LogP) is -1.81. The number of benzene rings is 1. The molecule has 4 atom stereocenters. The molecule has 0 heterocycles. The molecule has 8 heteroatoms. The molecule has 0 aromatic heterocycles. The lowest BCUT2D eigenvalue weighted by Crippen LogP contribution is -2.48. The molecule has 1 aromatic carbocycles. The third-order valence-electron chi connectivity index (χ3n) is 2.75. The molecular weight excluding hydrogens is 284 g/mol. The summed E-state index contributed by atoms with van der Waals surface area (Å²) in [6.45, 7) is -0.838. The second kappa shape index (κ2) is 7.70. The summed E-state index contributed by atoms with van der Waals surface area (Å²) in [5.74, 6) is -1.03. The molecule has 0 saturated heterocycles. The first-order valence-electron chi connectivity index (χ1n) is 6.01. The van der Waals surface area contributed by atoms with Crippen molar-refractivity contribution in [1.82, 2.24) is 0 Å². The van der Waals surface area contributed by atoms with E-state index in [0.717, 1.165) is 0 Å². The van der Waals surface area contributed by atoms with Gasteiger partial charge in [0.05, 0.1) is 12.2 Å². The normalized spacial score (nSPS) is 16.6. The Hall–Kier alpha value is -2.00. The first kappa shape index (κ1) is 17.1. The van der Waals surface area contributed by atoms with E-state index in [1.54, 1.807) is 0 Å². The highest BCUT2D eigenvalue weighted by Gasteiger charge is 2.33. The van der Waals surface area contributed by atoms with E-state index in [9.17, 15) is 24.9 Å². The van der Waals surface area contributed by atoms with Crippen LogP contribution in [0.2, 0.25) is 0 Å². The maximum absolute atomic E-state index is 11.7. The van der Waals surface area contributed by atoms with Gasteiger partial charge in [0, 0.05) is 0 Å². The fourth-order valence-electron chi connectivity index (χ4n) is 1.50. The summed E-state index contributed by atoms with van der Waals surface area (Å²) in [5.41, 5.74) is 0.0176. The van der Waals surface area contributed by atoms with E-state index in [-0.39, 0.29) is 17.6 Å². The fourth-order valence-corrected chi connectivity index (χ4v) is 1.50. The number of carbonyl (C=O) groups is 2. The van der Waals surface area contributed by atoms with E-state index < -0.39 is 37.0 Å². The number of aliphatic hydroxyl groups excluding tert-OH is 4. The number of aromatic hydroxyl groups is 1. The van der Waals surface area contributed by atoms with Crippen LogP contribution >= 0.6 is 0 Å². The molecule has 0 aliphatic carbocycles. The Morgan fingerprint density at radius 3 is 2.19 bits per heavy atom. The quantitative estimate of drug-likeness (QED) is 0.293. The molecule has 0 aliphatic heterocycles. The van der Waals surface area contributed by atoms with E-state index >= 15 is 0 Å². The summed E-state index contributed by atoms with van der Waals surface area (Å²) in [4.78, 5) is 22.6. The van der Waals surface area contributed by atoms with Crippen molar-refractivity contribution in [3.8, 4) is 5.75 Å². The predicted molar refractivity (Wildman–Crippen MR) is 68.5 cm³/mol. The number of hydrogen-bond donors (Lipinski definition) is 5. The molecule has 5 N–H and O–H groups in total. The molecule has 21 heavy (non-hydrogen) atoms. The fraction of sp³-hybridized carbons (Fsp3) is 0.385. The molecule has 0 spiro atoms. The molecule has 1 rings (SSSR count). The van der Waals surface area contributed by atoms with Crippen LogP contribution in [0.4, 0.5) is 0 Å². The van der Waals surface area contributed by atoms with E-state index in [1.807, 2.05) is 0 Å². The summed E-state index contributed by atoms with van der Waals surface area (Å²) < 4.78 is 4.71. The van der Waals surface area contributed by atoms with Gasteiger partial charge in [-0.15, -0.1) is 0 Å². The van der Waals surface area contributed by atoms with Crippen LogP contribution in [0.3, 0.4) is 0 Å². The van der Waals surface area contributed by atoms with E-state index in [0.29, 0.717) is 0 Å². The lowest BCUT2D eigenvalue weighted by atomic mass is 10.0. The lowest BCUT2D eigenvalue weighted by Gasteiger charge is -2.25.